The molecule has 0 aromatic rings. The molecule has 0 spiro atoms. The van der Waals surface area contributed by atoms with E-state index in [9.17, 15) is 14.7 Å². The number of hydrogen-bond acceptors (Lipinski definition) is 4. The lowest BCUT2D eigenvalue weighted by atomic mass is 9.85. The van der Waals surface area contributed by atoms with Crippen molar-refractivity contribution in [2.45, 2.75) is 31.7 Å². The van der Waals surface area contributed by atoms with Gasteiger partial charge in [-0.15, -0.1) is 11.8 Å². The number of nitrogens with one attached hydrogen (secondary N) is 1. The highest BCUT2D eigenvalue weighted by molar-refractivity contribution is 8.00. The van der Waals surface area contributed by atoms with Crippen LogP contribution in [-0.4, -0.2) is 52.6 Å². The van der Waals surface area contributed by atoms with E-state index in [0.29, 0.717) is 11.6 Å². The van der Waals surface area contributed by atoms with Crippen molar-refractivity contribution in [3.8, 4) is 0 Å². The van der Waals surface area contributed by atoms with Crippen LogP contribution in [0.15, 0.2) is 0 Å². The van der Waals surface area contributed by atoms with Crippen LogP contribution in [0, 0.1) is 5.92 Å². The fourth-order valence-electron chi connectivity index (χ4n) is 2.58. The van der Waals surface area contributed by atoms with E-state index in [1.165, 1.54) is 11.8 Å². The monoisotopic (exact) mass is 272 g/mol. The maximum atomic E-state index is 11.9. The number of aliphatic hydroxyl groups excluding tert-OH is 1. The number of nitrogens with zero attached hydrogens (tertiary/aromatic N) is 1. The van der Waals surface area contributed by atoms with E-state index >= 15 is 0 Å². The lowest BCUT2D eigenvalue weighted by molar-refractivity contribution is -0.133. The Labute approximate surface area is 111 Å². The zero-order valence-electron chi connectivity index (χ0n) is 10.4. The third kappa shape index (κ3) is 3.38. The number of carbonyl (C=O) groups is 2. The summed E-state index contributed by atoms with van der Waals surface area (Å²) in [6.45, 7) is 0.282. The molecule has 1 aliphatic heterocycles. The number of carbonyl (C=O) groups excluding carboxylic acids is 2. The average Bonchev–Trinajstić information content (AvgIpc) is 2.75. The molecule has 2 fully saturated rings. The van der Waals surface area contributed by atoms with Gasteiger partial charge >= 0.3 is 0 Å². The van der Waals surface area contributed by atoms with Crippen LogP contribution in [0.25, 0.3) is 0 Å². The zero-order valence-corrected chi connectivity index (χ0v) is 11.2. The first-order valence-corrected chi connectivity index (χ1v) is 7.62. The molecule has 6 heteroatoms. The number of hydrogen-bond donors (Lipinski definition) is 2. The highest BCUT2D eigenvalue weighted by atomic mass is 32.2. The fraction of sp³-hybridized carbons (Fsp3) is 0.833. The van der Waals surface area contributed by atoms with E-state index in [-0.39, 0.29) is 36.9 Å². The van der Waals surface area contributed by atoms with Crippen molar-refractivity contribution in [1.82, 2.24) is 10.2 Å². The maximum Gasteiger partial charge on any atom is 0.239 e. The molecule has 0 bridgehead atoms. The summed E-state index contributed by atoms with van der Waals surface area (Å²) in [6.07, 6.45) is 4.12. The molecule has 0 aromatic carbocycles. The van der Waals surface area contributed by atoms with E-state index in [1.54, 1.807) is 4.90 Å². The molecule has 1 aliphatic carbocycles. The molecule has 2 unspecified atom stereocenters. The predicted molar refractivity (Wildman–Crippen MR) is 70.0 cm³/mol. The summed E-state index contributed by atoms with van der Waals surface area (Å²) in [6, 6.07) is 0.0709. The Bertz CT molecular complexity index is 324. The topological polar surface area (TPSA) is 69.6 Å². The normalized spacial score (nSPS) is 28.5. The summed E-state index contributed by atoms with van der Waals surface area (Å²) in [5.74, 6) is 1.20. The second kappa shape index (κ2) is 6.43. The van der Waals surface area contributed by atoms with Crippen molar-refractivity contribution < 1.29 is 14.7 Å². The van der Waals surface area contributed by atoms with Crippen LogP contribution in [0.2, 0.25) is 0 Å². The summed E-state index contributed by atoms with van der Waals surface area (Å²) in [5, 5.41) is 12.2. The molecule has 2 rings (SSSR count). The minimum atomic E-state index is -0.101. The van der Waals surface area contributed by atoms with Crippen molar-refractivity contribution >= 4 is 23.6 Å². The first kappa shape index (κ1) is 13.7. The van der Waals surface area contributed by atoms with Crippen molar-refractivity contribution in [3.63, 3.8) is 0 Å². The lowest BCUT2D eigenvalue weighted by Crippen LogP contribution is -2.47. The van der Waals surface area contributed by atoms with Crippen LogP contribution in [-0.2, 0) is 9.59 Å². The SMILES string of the molecule is O=C(CN1CSCC1=O)NC1CCCCC1CO. The predicted octanol–water partition coefficient (Wildman–Crippen LogP) is 0.187. The second-order valence-corrected chi connectivity index (χ2v) is 5.93. The highest BCUT2D eigenvalue weighted by Crippen LogP contribution is 2.24. The van der Waals surface area contributed by atoms with Crippen molar-refractivity contribution in [1.29, 1.82) is 0 Å². The van der Waals surface area contributed by atoms with Gasteiger partial charge in [-0.1, -0.05) is 12.8 Å². The first-order chi connectivity index (χ1) is 8.70. The third-order valence-electron chi connectivity index (χ3n) is 3.65. The largest absolute Gasteiger partial charge is 0.396 e. The molecule has 2 atom stereocenters. The molecule has 1 saturated heterocycles. The molecule has 0 radical (unpaired) electrons. The molecule has 2 N–H and O–H groups in total. The second-order valence-electron chi connectivity index (χ2n) is 4.97. The molecule has 102 valence electrons. The van der Waals surface area contributed by atoms with Crippen molar-refractivity contribution in [2.24, 2.45) is 5.92 Å². The van der Waals surface area contributed by atoms with Crippen molar-refractivity contribution in [3.05, 3.63) is 0 Å². The van der Waals surface area contributed by atoms with Gasteiger partial charge in [0, 0.05) is 18.6 Å². The maximum absolute atomic E-state index is 11.9. The molecule has 1 saturated carbocycles. The number of thioether (sulfide) groups is 1. The van der Waals surface area contributed by atoms with Gasteiger partial charge in [0.05, 0.1) is 11.6 Å². The van der Waals surface area contributed by atoms with Crippen LogP contribution in [0.4, 0.5) is 0 Å². The van der Waals surface area contributed by atoms with Gasteiger partial charge in [0.25, 0.3) is 0 Å². The highest BCUT2D eigenvalue weighted by Gasteiger charge is 2.28. The average molecular weight is 272 g/mol. The van der Waals surface area contributed by atoms with Crippen LogP contribution >= 0.6 is 11.8 Å². The van der Waals surface area contributed by atoms with Gasteiger partial charge < -0.3 is 15.3 Å². The summed E-state index contributed by atoms with van der Waals surface area (Å²) >= 11 is 1.54. The Morgan fingerprint density at radius 3 is 2.89 bits per heavy atom. The smallest absolute Gasteiger partial charge is 0.239 e. The molecular weight excluding hydrogens is 252 g/mol. The lowest BCUT2D eigenvalue weighted by Gasteiger charge is -2.31. The standard InChI is InChI=1S/C12H20N2O3S/c15-6-9-3-1-2-4-10(9)13-11(16)5-14-8-18-7-12(14)17/h9-10,15H,1-8H2,(H,13,16). The minimum absolute atomic E-state index is 0.0394. The van der Waals surface area contributed by atoms with Gasteiger partial charge in [-0.2, -0.15) is 0 Å². The zero-order chi connectivity index (χ0) is 13.0. The summed E-state index contributed by atoms with van der Waals surface area (Å²) in [5.41, 5.74) is 0. The summed E-state index contributed by atoms with van der Waals surface area (Å²) in [4.78, 5) is 24.9. The Morgan fingerprint density at radius 2 is 2.22 bits per heavy atom. The summed E-state index contributed by atoms with van der Waals surface area (Å²) in [7, 11) is 0. The van der Waals surface area contributed by atoms with Gasteiger partial charge in [-0.25, -0.2) is 0 Å². The van der Waals surface area contributed by atoms with Gasteiger partial charge in [0.2, 0.25) is 11.8 Å². The molecule has 0 aromatic heterocycles. The van der Waals surface area contributed by atoms with Gasteiger partial charge in [-0.05, 0) is 12.8 Å². The van der Waals surface area contributed by atoms with Gasteiger partial charge in [0.1, 0.15) is 6.54 Å². The molecule has 2 aliphatic rings. The van der Waals surface area contributed by atoms with Gasteiger partial charge in [-0.3, -0.25) is 9.59 Å². The van der Waals surface area contributed by atoms with Crippen LogP contribution in [0.3, 0.4) is 0 Å². The first-order valence-electron chi connectivity index (χ1n) is 6.46. The minimum Gasteiger partial charge on any atom is -0.396 e. The van der Waals surface area contributed by atoms with Crippen LogP contribution in [0.1, 0.15) is 25.7 Å². The van der Waals surface area contributed by atoms with Crippen LogP contribution < -0.4 is 5.32 Å². The molecule has 5 nitrogen and oxygen atoms in total. The Hall–Kier alpha value is -0.750. The van der Waals surface area contributed by atoms with E-state index in [4.69, 9.17) is 0 Å². The van der Waals surface area contributed by atoms with Gasteiger partial charge in [0.15, 0.2) is 0 Å². The van der Waals surface area contributed by atoms with E-state index in [2.05, 4.69) is 5.32 Å². The Balaban J connectivity index is 1.80. The third-order valence-corrected chi connectivity index (χ3v) is 4.60. The number of aliphatic hydroxyl groups is 1. The number of amides is 2. The van der Waals surface area contributed by atoms with E-state index in [0.717, 1.165) is 25.7 Å². The molecule has 2 amide bonds. The molecular formula is C12H20N2O3S. The molecule has 1 heterocycles. The fourth-order valence-corrected chi connectivity index (χ4v) is 3.49. The van der Waals surface area contributed by atoms with Crippen LogP contribution in [0.5, 0.6) is 0 Å². The Kier molecular flexibility index (Phi) is 4.88. The quantitative estimate of drug-likeness (QED) is 0.766. The summed E-state index contributed by atoms with van der Waals surface area (Å²) < 4.78 is 0. The van der Waals surface area contributed by atoms with E-state index < -0.39 is 0 Å². The Morgan fingerprint density at radius 1 is 1.44 bits per heavy atom. The number of rotatable bonds is 4. The molecule has 18 heavy (non-hydrogen) atoms. The van der Waals surface area contributed by atoms with Crippen molar-refractivity contribution in [2.75, 3.05) is 24.8 Å². The van der Waals surface area contributed by atoms with E-state index in [1.807, 2.05) is 0 Å².